The molecule has 200 valence electrons. The number of hydrogen-bond donors (Lipinski definition) is 1. The molecule has 8 heteroatoms. The molecule has 0 aliphatic carbocycles. The molecule has 1 aliphatic rings. The molecule has 38 heavy (non-hydrogen) atoms. The van der Waals surface area contributed by atoms with E-state index in [-0.39, 0.29) is 37.6 Å². The van der Waals surface area contributed by atoms with Gasteiger partial charge in [-0.05, 0) is 60.7 Å². The molecule has 0 saturated carbocycles. The van der Waals surface area contributed by atoms with Gasteiger partial charge < -0.3 is 19.7 Å². The summed E-state index contributed by atoms with van der Waals surface area (Å²) >= 11 is 12.6. The van der Waals surface area contributed by atoms with Crippen LogP contribution in [0.4, 0.5) is 0 Å². The molecule has 0 spiro atoms. The summed E-state index contributed by atoms with van der Waals surface area (Å²) in [5, 5.41) is 4.04. The lowest BCUT2D eigenvalue weighted by molar-refractivity contribution is -0.141. The number of aryl methyl sites for hydroxylation is 1. The summed E-state index contributed by atoms with van der Waals surface area (Å²) in [5.41, 5.74) is 2.64. The maximum Gasteiger partial charge on any atom is 0.243 e. The number of rotatable bonds is 11. The van der Waals surface area contributed by atoms with Crippen molar-refractivity contribution in [3.8, 4) is 11.5 Å². The molecule has 0 unspecified atom stereocenters. The Balaban J connectivity index is 1.62. The van der Waals surface area contributed by atoms with Gasteiger partial charge in [-0.2, -0.15) is 0 Å². The fourth-order valence-corrected chi connectivity index (χ4v) is 4.79. The Hall–Kier alpha value is -3.22. The minimum atomic E-state index is -0.720. The first-order valence-corrected chi connectivity index (χ1v) is 13.6. The molecule has 0 saturated heterocycles. The summed E-state index contributed by atoms with van der Waals surface area (Å²) in [5.74, 6) is 1.04. The highest BCUT2D eigenvalue weighted by atomic mass is 35.5. The average molecular weight is 556 g/mol. The van der Waals surface area contributed by atoms with E-state index in [4.69, 9.17) is 32.7 Å². The Morgan fingerprint density at radius 1 is 0.974 bits per heavy atom. The molecule has 0 radical (unpaired) electrons. The fourth-order valence-electron chi connectivity index (χ4n) is 4.32. The predicted octanol–water partition coefficient (Wildman–Crippen LogP) is 6.21. The van der Waals surface area contributed by atoms with E-state index in [0.717, 1.165) is 23.1 Å². The van der Waals surface area contributed by atoms with Crippen LogP contribution in [0.1, 0.15) is 43.4 Å². The second-order valence-electron chi connectivity index (χ2n) is 9.47. The monoisotopic (exact) mass is 554 g/mol. The number of carbonyl (C=O) groups excluding carboxylic acids is 2. The van der Waals surface area contributed by atoms with Gasteiger partial charge in [0, 0.05) is 35.5 Å². The second-order valence-corrected chi connectivity index (χ2v) is 10.3. The van der Waals surface area contributed by atoms with Gasteiger partial charge in [0.15, 0.2) is 11.5 Å². The second kappa shape index (κ2) is 13.0. The van der Waals surface area contributed by atoms with Crippen LogP contribution in [0.3, 0.4) is 0 Å². The van der Waals surface area contributed by atoms with Gasteiger partial charge in [0.1, 0.15) is 6.04 Å². The van der Waals surface area contributed by atoms with E-state index in [1.165, 1.54) is 0 Å². The number of amides is 2. The predicted molar refractivity (Wildman–Crippen MR) is 150 cm³/mol. The SMILES string of the molecule is CC[C@H](C)NC(=O)[C@@H](Cc1ccccc1)N(Cc1ccc(Cl)cc1Cl)C(=O)CCc1ccc2c(c1)OCO2. The maximum absolute atomic E-state index is 13.8. The molecule has 0 bridgehead atoms. The summed E-state index contributed by atoms with van der Waals surface area (Å²) in [6.45, 7) is 4.35. The zero-order valence-corrected chi connectivity index (χ0v) is 23.1. The standard InChI is InChI=1S/C30H32Cl2N2O4/c1-3-20(2)33-30(36)26(15-21-7-5-4-6-8-21)34(18-23-11-12-24(31)17-25(23)32)29(35)14-10-22-9-13-27-28(16-22)38-19-37-27/h4-9,11-13,16-17,20,26H,3,10,14-15,18-19H2,1-2H3,(H,33,36)/t20-,26+/m0/s1. The molecular weight excluding hydrogens is 523 g/mol. The van der Waals surface area contributed by atoms with Crippen molar-refractivity contribution < 1.29 is 19.1 Å². The van der Waals surface area contributed by atoms with Gasteiger partial charge in [-0.15, -0.1) is 0 Å². The number of benzene rings is 3. The third-order valence-corrected chi connectivity index (χ3v) is 7.28. The highest BCUT2D eigenvalue weighted by Gasteiger charge is 2.31. The van der Waals surface area contributed by atoms with E-state index >= 15 is 0 Å². The molecule has 0 fully saturated rings. The van der Waals surface area contributed by atoms with Gasteiger partial charge in [0.05, 0.1) is 0 Å². The van der Waals surface area contributed by atoms with Gasteiger partial charge in [0.25, 0.3) is 0 Å². The number of ether oxygens (including phenoxy) is 2. The van der Waals surface area contributed by atoms with Gasteiger partial charge in [-0.3, -0.25) is 9.59 Å². The smallest absolute Gasteiger partial charge is 0.243 e. The molecule has 2 amide bonds. The Kier molecular flexibility index (Phi) is 9.53. The fraction of sp³-hybridized carbons (Fsp3) is 0.333. The molecular formula is C30H32Cl2N2O4. The Morgan fingerprint density at radius 2 is 1.74 bits per heavy atom. The number of nitrogens with zero attached hydrogens (tertiary/aromatic N) is 1. The Labute approximate surface area is 233 Å². The van der Waals surface area contributed by atoms with Gasteiger partial charge in [-0.1, -0.05) is 72.6 Å². The number of carbonyl (C=O) groups is 2. The van der Waals surface area contributed by atoms with Crippen LogP contribution in [0.2, 0.25) is 10.0 Å². The number of halogens is 2. The first-order chi connectivity index (χ1) is 18.3. The third-order valence-electron chi connectivity index (χ3n) is 6.69. The van der Waals surface area contributed by atoms with Crippen molar-refractivity contribution in [2.75, 3.05) is 6.79 Å². The number of nitrogens with one attached hydrogen (secondary N) is 1. The van der Waals surface area contributed by atoms with Crippen LogP contribution in [-0.4, -0.2) is 35.6 Å². The molecule has 3 aromatic rings. The molecule has 1 N–H and O–H groups in total. The molecule has 1 aliphatic heterocycles. The van der Waals surface area contributed by atoms with E-state index in [9.17, 15) is 9.59 Å². The highest BCUT2D eigenvalue weighted by molar-refractivity contribution is 6.35. The van der Waals surface area contributed by atoms with Crippen molar-refractivity contribution in [1.82, 2.24) is 10.2 Å². The first-order valence-electron chi connectivity index (χ1n) is 12.8. The van der Waals surface area contributed by atoms with Crippen molar-refractivity contribution in [1.29, 1.82) is 0 Å². The number of fused-ring (bicyclic) bond motifs is 1. The van der Waals surface area contributed by atoms with Crippen LogP contribution >= 0.6 is 23.2 Å². The van der Waals surface area contributed by atoms with Crippen molar-refractivity contribution in [3.05, 3.63) is 93.5 Å². The van der Waals surface area contributed by atoms with E-state index < -0.39 is 6.04 Å². The maximum atomic E-state index is 13.8. The van der Waals surface area contributed by atoms with Crippen LogP contribution in [0.5, 0.6) is 11.5 Å². The van der Waals surface area contributed by atoms with E-state index in [2.05, 4.69) is 5.32 Å². The lowest BCUT2D eigenvalue weighted by Crippen LogP contribution is -2.52. The van der Waals surface area contributed by atoms with Crippen LogP contribution in [0.15, 0.2) is 66.7 Å². The largest absolute Gasteiger partial charge is 0.454 e. The summed E-state index contributed by atoms with van der Waals surface area (Å²) < 4.78 is 10.9. The van der Waals surface area contributed by atoms with Crippen molar-refractivity contribution >= 4 is 35.0 Å². The summed E-state index contributed by atoms with van der Waals surface area (Å²) in [6, 6.07) is 19.9. The molecule has 0 aromatic heterocycles. The van der Waals surface area contributed by atoms with Crippen molar-refractivity contribution in [2.24, 2.45) is 0 Å². The van der Waals surface area contributed by atoms with Gasteiger partial charge >= 0.3 is 0 Å². The minimum Gasteiger partial charge on any atom is -0.454 e. The zero-order chi connectivity index (χ0) is 27.1. The zero-order valence-electron chi connectivity index (χ0n) is 21.6. The lowest BCUT2D eigenvalue weighted by atomic mass is 10.0. The summed E-state index contributed by atoms with van der Waals surface area (Å²) in [7, 11) is 0. The first kappa shape index (κ1) is 27.8. The third kappa shape index (κ3) is 7.21. The topological polar surface area (TPSA) is 67.9 Å². The minimum absolute atomic E-state index is 0.0227. The van der Waals surface area contributed by atoms with E-state index in [1.54, 1.807) is 23.1 Å². The van der Waals surface area contributed by atoms with E-state index in [0.29, 0.717) is 34.4 Å². The molecule has 1 heterocycles. The normalized spacial score (nSPS) is 13.6. The van der Waals surface area contributed by atoms with E-state index in [1.807, 2.05) is 62.4 Å². The van der Waals surface area contributed by atoms with Crippen LogP contribution in [0.25, 0.3) is 0 Å². The quantitative estimate of drug-likeness (QED) is 0.306. The molecule has 2 atom stereocenters. The van der Waals surface area contributed by atoms with Crippen LogP contribution in [0, 0.1) is 0 Å². The lowest BCUT2D eigenvalue weighted by Gasteiger charge is -2.32. The molecule has 6 nitrogen and oxygen atoms in total. The number of hydrogen-bond acceptors (Lipinski definition) is 4. The van der Waals surface area contributed by atoms with Crippen LogP contribution < -0.4 is 14.8 Å². The summed E-state index contributed by atoms with van der Waals surface area (Å²) in [6.07, 6.45) is 1.87. The van der Waals surface area contributed by atoms with Gasteiger partial charge in [0.2, 0.25) is 18.6 Å². The highest BCUT2D eigenvalue weighted by Crippen LogP contribution is 2.33. The average Bonchev–Trinajstić information content (AvgIpc) is 3.39. The van der Waals surface area contributed by atoms with Crippen molar-refractivity contribution in [2.45, 2.75) is 58.2 Å². The van der Waals surface area contributed by atoms with Gasteiger partial charge in [-0.25, -0.2) is 0 Å². The van der Waals surface area contributed by atoms with Crippen LogP contribution in [-0.2, 0) is 29.0 Å². The molecule has 4 rings (SSSR count). The Bertz CT molecular complexity index is 1270. The molecule has 3 aromatic carbocycles. The van der Waals surface area contributed by atoms with Crippen molar-refractivity contribution in [3.63, 3.8) is 0 Å². The Morgan fingerprint density at radius 3 is 2.47 bits per heavy atom. The summed E-state index contributed by atoms with van der Waals surface area (Å²) in [4.78, 5) is 29.1.